The van der Waals surface area contributed by atoms with Crippen LogP contribution >= 0.6 is 11.6 Å². The first kappa shape index (κ1) is 22.7. The molecule has 1 fully saturated rings. The van der Waals surface area contributed by atoms with Crippen LogP contribution in [0.2, 0.25) is 5.02 Å². The number of rotatable bonds is 7. The van der Waals surface area contributed by atoms with Gasteiger partial charge in [0.1, 0.15) is 17.3 Å². The largest absolute Gasteiger partial charge is 0.508 e. The standard InChI is InChI=1S/C23H24ClNO6/c1-13(2)31-11-10-25-20(14-4-7-16(26)8-5-14)19(22(28)23(25)29)21(27)15-6-9-17(24)18(12-15)30-3/h4-9,12-13,20,26-27H,10-11H2,1-3H3/b21-19-. The highest BCUT2D eigenvalue weighted by Gasteiger charge is 2.46. The number of Topliss-reactive ketones (excluding diaryl/α,β-unsaturated/α-hetero) is 1. The van der Waals surface area contributed by atoms with Crippen LogP contribution in [0.15, 0.2) is 48.0 Å². The molecule has 3 rings (SSSR count). The zero-order chi connectivity index (χ0) is 22.7. The topological polar surface area (TPSA) is 96.3 Å². The minimum Gasteiger partial charge on any atom is -0.508 e. The number of aromatic hydroxyl groups is 1. The van der Waals surface area contributed by atoms with Gasteiger partial charge in [0.2, 0.25) is 0 Å². The Morgan fingerprint density at radius 2 is 1.84 bits per heavy atom. The van der Waals surface area contributed by atoms with E-state index in [4.69, 9.17) is 21.1 Å². The molecule has 0 spiro atoms. The first-order chi connectivity index (χ1) is 14.7. The molecule has 1 saturated heterocycles. The molecule has 0 aliphatic carbocycles. The van der Waals surface area contributed by atoms with E-state index in [0.29, 0.717) is 21.9 Å². The van der Waals surface area contributed by atoms with E-state index in [1.54, 1.807) is 18.2 Å². The Kier molecular flexibility index (Phi) is 6.87. The summed E-state index contributed by atoms with van der Waals surface area (Å²) in [6.07, 6.45) is -0.0366. The number of aliphatic hydroxyl groups is 1. The summed E-state index contributed by atoms with van der Waals surface area (Å²) in [6, 6.07) is 9.90. The molecule has 31 heavy (non-hydrogen) atoms. The number of ketones is 1. The van der Waals surface area contributed by atoms with Crippen molar-refractivity contribution in [2.24, 2.45) is 0 Å². The number of phenolic OH excluding ortho intramolecular Hbond substituents is 1. The fourth-order valence-corrected chi connectivity index (χ4v) is 3.66. The predicted octanol–water partition coefficient (Wildman–Crippen LogP) is 3.90. The molecular formula is C23H24ClNO6. The Labute approximate surface area is 185 Å². The van der Waals surface area contributed by atoms with E-state index in [1.165, 1.54) is 36.3 Å². The highest BCUT2D eigenvalue weighted by Crippen LogP contribution is 2.40. The van der Waals surface area contributed by atoms with E-state index < -0.39 is 17.7 Å². The molecule has 2 aromatic carbocycles. The van der Waals surface area contributed by atoms with Gasteiger partial charge < -0.3 is 24.6 Å². The van der Waals surface area contributed by atoms with Gasteiger partial charge in [-0.15, -0.1) is 0 Å². The first-order valence-electron chi connectivity index (χ1n) is 9.77. The summed E-state index contributed by atoms with van der Waals surface area (Å²) in [6.45, 7) is 4.14. The summed E-state index contributed by atoms with van der Waals surface area (Å²) in [5, 5.41) is 21.0. The van der Waals surface area contributed by atoms with E-state index in [2.05, 4.69) is 0 Å². The van der Waals surface area contributed by atoms with Crippen molar-refractivity contribution in [2.45, 2.75) is 26.0 Å². The number of carbonyl (C=O) groups excluding carboxylic acids is 2. The second-order valence-electron chi connectivity index (χ2n) is 7.35. The monoisotopic (exact) mass is 445 g/mol. The van der Waals surface area contributed by atoms with Gasteiger partial charge in [-0.05, 0) is 49.7 Å². The molecule has 2 aromatic rings. The van der Waals surface area contributed by atoms with Gasteiger partial charge in [-0.1, -0.05) is 23.7 Å². The Morgan fingerprint density at radius 3 is 2.45 bits per heavy atom. The normalized spacial score (nSPS) is 18.1. The van der Waals surface area contributed by atoms with E-state index >= 15 is 0 Å². The van der Waals surface area contributed by atoms with Gasteiger partial charge in [-0.25, -0.2) is 0 Å². The van der Waals surface area contributed by atoms with Crippen molar-refractivity contribution in [1.82, 2.24) is 4.90 Å². The molecule has 164 valence electrons. The van der Waals surface area contributed by atoms with Gasteiger partial charge in [0.15, 0.2) is 0 Å². The third-order valence-electron chi connectivity index (χ3n) is 4.96. The minimum absolute atomic E-state index is 0.0366. The number of phenols is 1. The number of hydrogen-bond donors (Lipinski definition) is 2. The van der Waals surface area contributed by atoms with Crippen LogP contribution in [0.3, 0.4) is 0 Å². The average molecular weight is 446 g/mol. The fraction of sp³-hybridized carbons (Fsp3) is 0.304. The lowest BCUT2D eigenvalue weighted by Crippen LogP contribution is -2.33. The van der Waals surface area contributed by atoms with Crippen LogP contribution in [0.25, 0.3) is 5.76 Å². The van der Waals surface area contributed by atoms with Crippen molar-refractivity contribution in [2.75, 3.05) is 20.3 Å². The Balaban J connectivity index is 2.11. The molecule has 0 aromatic heterocycles. The predicted molar refractivity (Wildman–Crippen MR) is 116 cm³/mol. The lowest BCUT2D eigenvalue weighted by Gasteiger charge is -2.25. The molecule has 8 heteroatoms. The zero-order valence-corrected chi connectivity index (χ0v) is 18.2. The summed E-state index contributed by atoms with van der Waals surface area (Å²) < 4.78 is 10.8. The molecule has 1 atom stereocenters. The number of benzene rings is 2. The SMILES string of the molecule is COc1cc(/C(O)=C2/C(=O)C(=O)N(CCOC(C)C)C2c2ccc(O)cc2)ccc1Cl. The molecule has 1 heterocycles. The average Bonchev–Trinajstić information content (AvgIpc) is 2.99. The molecule has 0 saturated carbocycles. The summed E-state index contributed by atoms with van der Waals surface area (Å²) in [5.74, 6) is -1.49. The third kappa shape index (κ3) is 4.68. The van der Waals surface area contributed by atoms with Gasteiger partial charge in [-0.2, -0.15) is 0 Å². The van der Waals surface area contributed by atoms with Crippen LogP contribution in [0.1, 0.15) is 31.0 Å². The molecule has 0 radical (unpaired) electrons. The Hall–Kier alpha value is -3.03. The Bertz CT molecular complexity index is 1020. The number of ether oxygens (including phenoxy) is 2. The van der Waals surface area contributed by atoms with E-state index in [9.17, 15) is 19.8 Å². The lowest BCUT2D eigenvalue weighted by molar-refractivity contribution is -0.140. The first-order valence-corrected chi connectivity index (χ1v) is 10.1. The van der Waals surface area contributed by atoms with Gasteiger partial charge in [0.05, 0.1) is 36.5 Å². The number of amides is 1. The molecule has 0 bridgehead atoms. The van der Waals surface area contributed by atoms with Crippen molar-refractivity contribution in [3.63, 3.8) is 0 Å². The van der Waals surface area contributed by atoms with E-state index in [1.807, 2.05) is 13.8 Å². The van der Waals surface area contributed by atoms with Gasteiger partial charge >= 0.3 is 0 Å². The maximum absolute atomic E-state index is 12.9. The number of methoxy groups -OCH3 is 1. The summed E-state index contributed by atoms with van der Waals surface area (Å²) >= 11 is 6.07. The van der Waals surface area contributed by atoms with E-state index in [-0.39, 0.29) is 36.3 Å². The molecular weight excluding hydrogens is 422 g/mol. The molecule has 7 nitrogen and oxygen atoms in total. The number of nitrogens with zero attached hydrogens (tertiary/aromatic N) is 1. The lowest BCUT2D eigenvalue weighted by atomic mass is 9.95. The van der Waals surface area contributed by atoms with Crippen LogP contribution < -0.4 is 4.74 Å². The van der Waals surface area contributed by atoms with Crippen molar-refractivity contribution >= 4 is 29.1 Å². The number of hydrogen-bond acceptors (Lipinski definition) is 6. The quantitative estimate of drug-likeness (QED) is 0.381. The highest BCUT2D eigenvalue weighted by atomic mass is 35.5. The second-order valence-corrected chi connectivity index (χ2v) is 7.76. The van der Waals surface area contributed by atoms with Crippen molar-refractivity contribution in [3.05, 3.63) is 64.2 Å². The maximum atomic E-state index is 12.9. The molecule has 1 unspecified atom stereocenters. The van der Waals surface area contributed by atoms with E-state index in [0.717, 1.165) is 0 Å². The summed E-state index contributed by atoms with van der Waals surface area (Å²) in [7, 11) is 1.44. The number of aliphatic hydroxyl groups excluding tert-OH is 1. The van der Waals surface area contributed by atoms with Crippen LogP contribution in [0.5, 0.6) is 11.5 Å². The summed E-state index contributed by atoms with van der Waals surface area (Å²) in [4.78, 5) is 27.1. The smallest absolute Gasteiger partial charge is 0.295 e. The maximum Gasteiger partial charge on any atom is 0.295 e. The number of likely N-dealkylation sites (tertiary alicyclic amines) is 1. The molecule has 1 aliphatic rings. The number of halogens is 1. The van der Waals surface area contributed by atoms with Crippen molar-refractivity contribution < 1.29 is 29.3 Å². The van der Waals surface area contributed by atoms with Crippen LogP contribution in [-0.2, 0) is 14.3 Å². The molecule has 2 N–H and O–H groups in total. The van der Waals surface area contributed by atoms with Crippen molar-refractivity contribution in [3.8, 4) is 11.5 Å². The van der Waals surface area contributed by atoms with Gasteiger partial charge in [-0.3, -0.25) is 9.59 Å². The van der Waals surface area contributed by atoms with Crippen LogP contribution in [-0.4, -0.2) is 53.2 Å². The Morgan fingerprint density at radius 1 is 1.16 bits per heavy atom. The molecule has 1 amide bonds. The van der Waals surface area contributed by atoms with Crippen LogP contribution in [0, 0.1) is 0 Å². The van der Waals surface area contributed by atoms with Gasteiger partial charge in [0.25, 0.3) is 11.7 Å². The highest BCUT2D eigenvalue weighted by molar-refractivity contribution is 6.46. The number of carbonyl (C=O) groups is 2. The molecule has 1 aliphatic heterocycles. The summed E-state index contributed by atoms with van der Waals surface area (Å²) in [5.41, 5.74) is 0.815. The van der Waals surface area contributed by atoms with Crippen LogP contribution in [0.4, 0.5) is 0 Å². The van der Waals surface area contributed by atoms with Gasteiger partial charge in [0, 0.05) is 12.1 Å². The third-order valence-corrected chi connectivity index (χ3v) is 5.27. The second kappa shape index (κ2) is 9.41. The zero-order valence-electron chi connectivity index (χ0n) is 17.5. The minimum atomic E-state index is -0.835. The van der Waals surface area contributed by atoms with Crippen molar-refractivity contribution in [1.29, 1.82) is 0 Å². The fourth-order valence-electron chi connectivity index (χ4n) is 3.46.